The molecule has 3 atom stereocenters. The van der Waals surface area contributed by atoms with Gasteiger partial charge in [0.1, 0.15) is 48.0 Å². The van der Waals surface area contributed by atoms with Gasteiger partial charge in [0.15, 0.2) is 0 Å². The van der Waals surface area contributed by atoms with Gasteiger partial charge in [0.2, 0.25) is 0 Å². The number of nitrogens with zero attached hydrogens (tertiary/aromatic N) is 4. The minimum Gasteiger partial charge on any atom is -0.489 e. The van der Waals surface area contributed by atoms with Gasteiger partial charge >= 0.3 is 5.97 Å². The maximum atomic E-state index is 11.9. The van der Waals surface area contributed by atoms with E-state index in [0.29, 0.717) is 28.0 Å². The molecule has 2 aromatic carbocycles. The number of hydrogen-bond acceptors (Lipinski definition) is 10. The zero-order chi connectivity index (χ0) is 36.4. The van der Waals surface area contributed by atoms with E-state index in [1.807, 2.05) is 48.6 Å². The van der Waals surface area contributed by atoms with Crippen molar-refractivity contribution in [1.82, 2.24) is 15.3 Å². The van der Waals surface area contributed by atoms with Gasteiger partial charge in [-0.15, -0.1) is 0 Å². The third-order valence-corrected chi connectivity index (χ3v) is 9.03. The molecule has 2 heterocycles. The van der Waals surface area contributed by atoms with Gasteiger partial charge in [0, 0.05) is 54.4 Å². The fraction of sp³-hybridized carbons (Fsp3) is 0.256. The highest BCUT2D eigenvalue weighted by molar-refractivity contribution is 6.32. The van der Waals surface area contributed by atoms with Crippen LogP contribution in [0, 0.1) is 28.6 Å². The van der Waals surface area contributed by atoms with Crippen molar-refractivity contribution in [1.29, 1.82) is 10.5 Å². The van der Waals surface area contributed by atoms with E-state index in [1.165, 1.54) is 19.3 Å². The number of rotatable bonds is 15. The van der Waals surface area contributed by atoms with Crippen LogP contribution < -0.4 is 14.8 Å². The molecular formula is C39H36ClN5O6. The van der Waals surface area contributed by atoms with Crippen molar-refractivity contribution in [2.24, 2.45) is 5.92 Å². The zero-order valence-corrected chi connectivity index (χ0v) is 28.8. The average molecular weight is 706 g/mol. The first-order valence-corrected chi connectivity index (χ1v) is 16.4. The quantitative estimate of drug-likeness (QED) is 0.133. The summed E-state index contributed by atoms with van der Waals surface area (Å²) in [6.45, 7) is 3.00. The minimum atomic E-state index is -1.62. The summed E-state index contributed by atoms with van der Waals surface area (Å²) >= 11 is 6.81. The molecule has 0 fully saturated rings. The van der Waals surface area contributed by atoms with Gasteiger partial charge in [-0.05, 0) is 47.9 Å². The van der Waals surface area contributed by atoms with Gasteiger partial charge in [-0.25, -0.2) is 0 Å². The summed E-state index contributed by atoms with van der Waals surface area (Å²) in [6, 6.07) is 20.8. The predicted octanol–water partition coefficient (Wildman–Crippen LogP) is 6.00. The maximum Gasteiger partial charge on any atom is 0.326 e. The topological polar surface area (TPSA) is 171 Å². The van der Waals surface area contributed by atoms with Gasteiger partial charge in [-0.3, -0.25) is 20.1 Å². The number of aliphatic hydroxyl groups excluding tert-OH is 1. The maximum absolute atomic E-state index is 11.9. The van der Waals surface area contributed by atoms with E-state index in [4.69, 9.17) is 25.8 Å². The molecule has 0 saturated heterocycles. The molecule has 0 bridgehead atoms. The van der Waals surface area contributed by atoms with E-state index in [9.17, 15) is 25.5 Å². The molecule has 2 aromatic heterocycles. The molecule has 11 nitrogen and oxygen atoms in total. The molecule has 0 saturated carbocycles. The molecule has 0 spiro atoms. The second-order valence-corrected chi connectivity index (χ2v) is 12.7. The monoisotopic (exact) mass is 705 g/mol. The SMILES string of the molecule is CC1C(c2ccccc2)=CC=CC1(COc1cc(OCc2cncc(C#N)c2)c(CNC(C)(CO)C(=O)O)cc1Cl)OCc1cncc(C#N)c1. The van der Waals surface area contributed by atoms with Crippen LogP contribution in [0.3, 0.4) is 0 Å². The summed E-state index contributed by atoms with van der Waals surface area (Å²) in [6.07, 6.45) is 12.1. The Bertz CT molecular complexity index is 2020. The van der Waals surface area contributed by atoms with Crippen molar-refractivity contribution in [3.63, 3.8) is 0 Å². The largest absolute Gasteiger partial charge is 0.489 e. The van der Waals surface area contributed by atoms with E-state index < -0.39 is 23.7 Å². The summed E-state index contributed by atoms with van der Waals surface area (Å²) in [5, 5.41) is 41.3. The molecule has 51 heavy (non-hydrogen) atoms. The van der Waals surface area contributed by atoms with Crippen molar-refractivity contribution in [3.8, 4) is 23.6 Å². The van der Waals surface area contributed by atoms with E-state index in [-0.39, 0.29) is 43.1 Å². The van der Waals surface area contributed by atoms with Crippen molar-refractivity contribution >= 4 is 23.1 Å². The normalized spacial score (nSPS) is 17.8. The molecule has 3 N–H and O–H groups in total. The van der Waals surface area contributed by atoms with Gasteiger partial charge in [0.05, 0.1) is 29.4 Å². The standard InChI is InChI=1S/C39H36ClN5O6/c1-26-33(31-7-4-3-5-8-31)9-6-10-39(26,51-23-30-12-28(16-42)18-44-20-30)25-50-36-14-35(49-22-29-11-27(15-41)17-43-19-29)32(13-34(36)40)21-45-38(2,24-46)37(47)48/h3-14,17-20,26,45-46H,21-25H2,1-2H3,(H,47,48). The molecule has 0 amide bonds. The third-order valence-electron chi connectivity index (χ3n) is 8.74. The smallest absolute Gasteiger partial charge is 0.326 e. The number of pyridine rings is 2. The van der Waals surface area contributed by atoms with Crippen LogP contribution in [-0.4, -0.2) is 50.5 Å². The Kier molecular flexibility index (Phi) is 11.8. The summed E-state index contributed by atoms with van der Waals surface area (Å²) in [4.78, 5) is 20.1. The number of ether oxygens (including phenoxy) is 3. The van der Waals surface area contributed by atoms with E-state index in [2.05, 4.69) is 34.3 Å². The molecule has 1 aliphatic rings. The van der Waals surface area contributed by atoms with Gasteiger partial charge in [-0.1, -0.05) is 61.0 Å². The first-order chi connectivity index (χ1) is 24.6. The Hall–Kier alpha value is -5.56. The first-order valence-electron chi connectivity index (χ1n) is 16.0. The first kappa shape index (κ1) is 36.7. The Morgan fingerprint density at radius 2 is 1.65 bits per heavy atom. The number of aliphatic hydroxyl groups is 1. The molecule has 3 unspecified atom stereocenters. The Balaban J connectivity index is 1.46. The lowest BCUT2D eigenvalue weighted by Gasteiger charge is -2.39. The minimum absolute atomic E-state index is 0.0109. The number of benzene rings is 2. The number of carbonyl (C=O) groups is 1. The van der Waals surface area contributed by atoms with Crippen LogP contribution >= 0.6 is 11.6 Å². The molecule has 12 heteroatoms. The van der Waals surface area contributed by atoms with Crippen molar-refractivity contribution in [2.75, 3.05) is 13.2 Å². The molecule has 4 aromatic rings. The van der Waals surface area contributed by atoms with Crippen LogP contribution in [-0.2, 0) is 29.3 Å². The number of aliphatic carboxylic acids is 1. The van der Waals surface area contributed by atoms with Crippen LogP contribution in [0.2, 0.25) is 5.02 Å². The Morgan fingerprint density at radius 1 is 0.980 bits per heavy atom. The second kappa shape index (κ2) is 16.4. The summed E-state index contributed by atoms with van der Waals surface area (Å²) < 4.78 is 19.3. The summed E-state index contributed by atoms with van der Waals surface area (Å²) in [5.74, 6) is -0.796. The fourth-order valence-corrected chi connectivity index (χ4v) is 5.75. The zero-order valence-electron chi connectivity index (χ0n) is 28.0. The second-order valence-electron chi connectivity index (χ2n) is 12.3. The molecule has 1 aliphatic carbocycles. The molecule has 0 radical (unpaired) electrons. The number of nitriles is 2. The summed E-state index contributed by atoms with van der Waals surface area (Å²) in [7, 11) is 0. The highest BCUT2D eigenvalue weighted by Gasteiger charge is 2.40. The summed E-state index contributed by atoms with van der Waals surface area (Å²) in [5.41, 5.74) is 2.13. The molecule has 0 aliphatic heterocycles. The lowest BCUT2D eigenvalue weighted by atomic mass is 9.77. The van der Waals surface area contributed by atoms with Crippen LogP contribution in [0.1, 0.15) is 47.2 Å². The molecular weight excluding hydrogens is 670 g/mol. The van der Waals surface area contributed by atoms with Crippen LogP contribution in [0.4, 0.5) is 0 Å². The predicted molar refractivity (Wildman–Crippen MR) is 189 cm³/mol. The lowest BCUT2D eigenvalue weighted by molar-refractivity contribution is -0.145. The third kappa shape index (κ3) is 8.79. The number of halogens is 1. The highest BCUT2D eigenvalue weighted by Crippen LogP contribution is 2.41. The molecule has 5 rings (SSSR count). The molecule has 260 valence electrons. The number of carboxylic acids is 1. The van der Waals surface area contributed by atoms with Crippen LogP contribution in [0.15, 0.2) is 97.6 Å². The Labute approximate surface area is 301 Å². The van der Waals surface area contributed by atoms with Gasteiger partial charge < -0.3 is 24.4 Å². The number of nitrogens with one attached hydrogen (secondary N) is 1. The number of hydrogen-bond donors (Lipinski definition) is 3. The number of carboxylic acid groups (broad SMARTS) is 1. The lowest BCUT2D eigenvalue weighted by Crippen LogP contribution is -2.52. The van der Waals surface area contributed by atoms with Crippen molar-refractivity contribution in [3.05, 3.63) is 136 Å². The highest BCUT2D eigenvalue weighted by atomic mass is 35.5. The Morgan fingerprint density at radius 3 is 2.27 bits per heavy atom. The van der Waals surface area contributed by atoms with Crippen molar-refractivity contribution in [2.45, 2.75) is 44.7 Å². The number of allylic oxidation sites excluding steroid dienone is 2. The van der Waals surface area contributed by atoms with Crippen molar-refractivity contribution < 1.29 is 29.2 Å². The van der Waals surface area contributed by atoms with Gasteiger partial charge in [0.25, 0.3) is 0 Å². The van der Waals surface area contributed by atoms with Gasteiger partial charge in [-0.2, -0.15) is 10.5 Å². The number of aromatic nitrogens is 2. The van der Waals surface area contributed by atoms with E-state index >= 15 is 0 Å². The van der Waals surface area contributed by atoms with Crippen LogP contribution in [0.5, 0.6) is 11.5 Å². The van der Waals surface area contributed by atoms with E-state index in [1.54, 1.807) is 36.7 Å². The van der Waals surface area contributed by atoms with Crippen LogP contribution in [0.25, 0.3) is 5.57 Å². The fourth-order valence-electron chi connectivity index (χ4n) is 5.50. The van der Waals surface area contributed by atoms with E-state index in [0.717, 1.165) is 16.7 Å². The average Bonchev–Trinajstić information content (AvgIpc) is 3.16.